The van der Waals surface area contributed by atoms with Crippen molar-refractivity contribution < 1.29 is 4.74 Å². The van der Waals surface area contributed by atoms with Crippen molar-refractivity contribution in [3.8, 4) is 5.75 Å². The molecule has 102 valence electrons. The Bertz CT molecular complexity index is 332. The van der Waals surface area contributed by atoms with Gasteiger partial charge in [-0.25, -0.2) is 0 Å². The molecule has 0 spiro atoms. The molecule has 0 atom stereocenters. The van der Waals surface area contributed by atoms with Crippen molar-refractivity contribution >= 4 is 11.6 Å². The minimum Gasteiger partial charge on any atom is -0.491 e. The molecule has 1 aromatic heterocycles. The van der Waals surface area contributed by atoms with E-state index in [1.807, 2.05) is 0 Å². The number of hydrogen-bond acceptors (Lipinski definition) is 4. The lowest BCUT2D eigenvalue weighted by Crippen LogP contribution is -2.33. The summed E-state index contributed by atoms with van der Waals surface area (Å²) in [6, 6.07) is 1.77. The molecule has 5 heteroatoms. The van der Waals surface area contributed by atoms with E-state index in [1.54, 1.807) is 18.5 Å². The molecule has 0 amide bonds. The van der Waals surface area contributed by atoms with Gasteiger partial charge >= 0.3 is 0 Å². The molecule has 18 heavy (non-hydrogen) atoms. The summed E-state index contributed by atoms with van der Waals surface area (Å²) in [6.45, 7) is 10.1. The molecule has 0 aliphatic carbocycles. The van der Waals surface area contributed by atoms with Crippen LogP contribution < -0.4 is 10.1 Å². The second-order valence-electron chi connectivity index (χ2n) is 3.96. The number of likely N-dealkylation sites (N-methyl/N-ethyl adjacent to an activating group) is 1. The molecule has 0 aliphatic rings. The molecular formula is C13H22ClN3O. The number of nitrogens with zero attached hydrogens (tertiary/aromatic N) is 2. The fourth-order valence-corrected chi connectivity index (χ4v) is 1.78. The number of pyridine rings is 1. The van der Waals surface area contributed by atoms with Gasteiger partial charge in [0.2, 0.25) is 0 Å². The first-order valence-electron chi connectivity index (χ1n) is 6.42. The van der Waals surface area contributed by atoms with Crippen LogP contribution in [0, 0.1) is 0 Å². The van der Waals surface area contributed by atoms with E-state index in [1.165, 1.54) is 0 Å². The molecule has 0 fully saturated rings. The van der Waals surface area contributed by atoms with Gasteiger partial charge in [-0.1, -0.05) is 25.4 Å². The van der Waals surface area contributed by atoms with Gasteiger partial charge in [-0.2, -0.15) is 0 Å². The van der Waals surface area contributed by atoms with Gasteiger partial charge in [-0.3, -0.25) is 4.98 Å². The van der Waals surface area contributed by atoms with E-state index in [0.717, 1.165) is 32.7 Å². The van der Waals surface area contributed by atoms with Crippen molar-refractivity contribution in [3.05, 3.63) is 23.5 Å². The minimum atomic E-state index is 0.599. The summed E-state index contributed by atoms with van der Waals surface area (Å²) in [5.74, 6) is 0.716. The normalized spacial score (nSPS) is 10.9. The highest BCUT2D eigenvalue weighted by atomic mass is 35.5. The van der Waals surface area contributed by atoms with Crippen molar-refractivity contribution in [2.45, 2.75) is 13.8 Å². The Balaban J connectivity index is 2.05. The van der Waals surface area contributed by atoms with Gasteiger partial charge in [-0.15, -0.1) is 0 Å². The maximum Gasteiger partial charge on any atom is 0.139 e. The molecule has 0 unspecified atom stereocenters. The highest BCUT2D eigenvalue weighted by Gasteiger charge is 1.98. The molecular weight excluding hydrogens is 250 g/mol. The fourth-order valence-electron chi connectivity index (χ4n) is 1.61. The first-order valence-corrected chi connectivity index (χ1v) is 6.80. The SMILES string of the molecule is CCN(CC)CCNCCOc1cncc(Cl)c1. The lowest BCUT2D eigenvalue weighted by molar-refractivity contribution is 0.285. The van der Waals surface area contributed by atoms with Crippen LogP contribution in [0.15, 0.2) is 18.5 Å². The largest absolute Gasteiger partial charge is 0.491 e. The molecule has 0 saturated carbocycles. The number of nitrogens with one attached hydrogen (secondary N) is 1. The van der Waals surface area contributed by atoms with Gasteiger partial charge in [-0.05, 0) is 13.1 Å². The summed E-state index contributed by atoms with van der Waals surface area (Å²) < 4.78 is 5.52. The van der Waals surface area contributed by atoms with Gasteiger partial charge < -0.3 is 15.0 Å². The average molecular weight is 272 g/mol. The molecule has 4 nitrogen and oxygen atoms in total. The topological polar surface area (TPSA) is 37.4 Å². The molecule has 1 aromatic rings. The van der Waals surface area contributed by atoms with Crippen LogP contribution in [0.1, 0.15) is 13.8 Å². The molecule has 0 aliphatic heterocycles. The van der Waals surface area contributed by atoms with E-state index >= 15 is 0 Å². The molecule has 1 heterocycles. The molecule has 0 radical (unpaired) electrons. The van der Waals surface area contributed by atoms with Crippen LogP contribution in [0.2, 0.25) is 5.02 Å². The van der Waals surface area contributed by atoms with Crippen molar-refractivity contribution in [1.82, 2.24) is 15.2 Å². The number of aromatic nitrogens is 1. The second-order valence-corrected chi connectivity index (χ2v) is 4.40. The first kappa shape index (κ1) is 15.2. The highest BCUT2D eigenvalue weighted by molar-refractivity contribution is 6.30. The van der Waals surface area contributed by atoms with Crippen LogP contribution in [0.4, 0.5) is 0 Å². The zero-order valence-electron chi connectivity index (χ0n) is 11.2. The molecule has 0 aromatic carbocycles. The number of rotatable bonds is 9. The van der Waals surface area contributed by atoms with E-state index in [4.69, 9.17) is 16.3 Å². The summed E-state index contributed by atoms with van der Waals surface area (Å²) in [5.41, 5.74) is 0. The summed E-state index contributed by atoms with van der Waals surface area (Å²) in [4.78, 5) is 6.34. The third kappa shape index (κ3) is 6.19. The van der Waals surface area contributed by atoms with Crippen LogP contribution in [0.3, 0.4) is 0 Å². The fraction of sp³-hybridized carbons (Fsp3) is 0.615. The Morgan fingerprint density at radius 1 is 1.28 bits per heavy atom. The van der Waals surface area contributed by atoms with Crippen LogP contribution in [0.5, 0.6) is 5.75 Å². The lowest BCUT2D eigenvalue weighted by Gasteiger charge is -2.18. The van der Waals surface area contributed by atoms with E-state index in [2.05, 4.69) is 29.0 Å². The summed E-state index contributed by atoms with van der Waals surface area (Å²) in [6.07, 6.45) is 3.26. The predicted molar refractivity (Wildman–Crippen MR) is 75.4 cm³/mol. The van der Waals surface area contributed by atoms with Crippen molar-refractivity contribution in [3.63, 3.8) is 0 Å². The number of halogens is 1. The van der Waals surface area contributed by atoms with E-state index in [-0.39, 0.29) is 0 Å². The van der Waals surface area contributed by atoms with Crippen LogP contribution in [0.25, 0.3) is 0 Å². The summed E-state index contributed by atoms with van der Waals surface area (Å²) in [7, 11) is 0. The minimum absolute atomic E-state index is 0.599. The van der Waals surface area contributed by atoms with Gasteiger partial charge in [0.25, 0.3) is 0 Å². The third-order valence-electron chi connectivity index (χ3n) is 2.73. The quantitative estimate of drug-likeness (QED) is 0.698. The predicted octanol–water partition coefficient (Wildman–Crippen LogP) is 2.05. The van der Waals surface area contributed by atoms with Crippen LogP contribution in [-0.2, 0) is 0 Å². The second kappa shape index (κ2) is 9.14. The zero-order chi connectivity index (χ0) is 13.2. The van der Waals surface area contributed by atoms with E-state index < -0.39 is 0 Å². The maximum absolute atomic E-state index is 5.81. The Kier molecular flexibility index (Phi) is 7.73. The van der Waals surface area contributed by atoms with Crippen LogP contribution in [-0.4, -0.2) is 49.2 Å². The molecule has 0 saturated heterocycles. The maximum atomic E-state index is 5.81. The number of hydrogen-bond donors (Lipinski definition) is 1. The van der Waals surface area contributed by atoms with Gasteiger partial charge in [0.05, 0.1) is 11.2 Å². The zero-order valence-corrected chi connectivity index (χ0v) is 11.9. The van der Waals surface area contributed by atoms with Gasteiger partial charge in [0, 0.05) is 31.9 Å². The average Bonchev–Trinajstić information content (AvgIpc) is 2.38. The highest BCUT2D eigenvalue weighted by Crippen LogP contribution is 2.14. The monoisotopic (exact) mass is 271 g/mol. The first-order chi connectivity index (χ1) is 8.76. The molecule has 1 N–H and O–H groups in total. The van der Waals surface area contributed by atoms with Gasteiger partial charge in [0.1, 0.15) is 12.4 Å². The molecule has 1 rings (SSSR count). The lowest BCUT2D eigenvalue weighted by atomic mass is 10.4. The van der Waals surface area contributed by atoms with Crippen LogP contribution >= 0.6 is 11.6 Å². The van der Waals surface area contributed by atoms with Crippen molar-refractivity contribution in [2.24, 2.45) is 0 Å². The van der Waals surface area contributed by atoms with Crippen molar-refractivity contribution in [1.29, 1.82) is 0 Å². The van der Waals surface area contributed by atoms with E-state index in [9.17, 15) is 0 Å². The standard InChI is InChI=1S/C13H22ClN3O/c1-3-17(4-2)7-5-15-6-8-18-13-9-12(14)10-16-11-13/h9-11,15H,3-8H2,1-2H3. The smallest absolute Gasteiger partial charge is 0.139 e. The Morgan fingerprint density at radius 2 is 2.06 bits per heavy atom. The van der Waals surface area contributed by atoms with E-state index in [0.29, 0.717) is 17.4 Å². The number of ether oxygens (including phenoxy) is 1. The third-order valence-corrected chi connectivity index (χ3v) is 2.93. The van der Waals surface area contributed by atoms with Gasteiger partial charge in [0.15, 0.2) is 0 Å². The summed E-state index contributed by atoms with van der Waals surface area (Å²) >= 11 is 5.81. The summed E-state index contributed by atoms with van der Waals surface area (Å²) in [5, 5.41) is 3.95. The Hall–Kier alpha value is -0.840. The van der Waals surface area contributed by atoms with Crippen molar-refractivity contribution in [2.75, 3.05) is 39.3 Å². The molecule has 0 bridgehead atoms. The Labute approximate surface area is 114 Å². The Morgan fingerprint density at radius 3 is 2.72 bits per heavy atom.